The highest BCUT2D eigenvalue weighted by molar-refractivity contribution is 5.36. The quantitative estimate of drug-likeness (QED) is 0.918. The van der Waals surface area contributed by atoms with E-state index in [9.17, 15) is 8.78 Å². The molecule has 1 aromatic heterocycles. The molecule has 0 spiro atoms. The van der Waals surface area contributed by atoms with Gasteiger partial charge in [-0.25, -0.2) is 8.78 Å². The van der Waals surface area contributed by atoms with Gasteiger partial charge in [0.25, 0.3) is 0 Å². The van der Waals surface area contributed by atoms with Gasteiger partial charge in [-0.2, -0.15) is 0 Å². The average molecular weight is 262 g/mol. The summed E-state index contributed by atoms with van der Waals surface area (Å²) in [5.74, 6) is -1.11. The molecule has 0 radical (unpaired) electrons. The van der Waals surface area contributed by atoms with Crippen LogP contribution in [-0.4, -0.2) is 12.0 Å². The molecule has 1 N–H and O–H groups in total. The number of benzene rings is 1. The van der Waals surface area contributed by atoms with E-state index in [0.29, 0.717) is 0 Å². The molecule has 0 saturated heterocycles. The fourth-order valence-corrected chi connectivity index (χ4v) is 2.24. The Morgan fingerprint density at radius 3 is 2.21 bits per heavy atom. The van der Waals surface area contributed by atoms with Gasteiger partial charge in [0.1, 0.15) is 11.6 Å². The minimum atomic E-state index is -0.556. The van der Waals surface area contributed by atoms with Gasteiger partial charge in [0, 0.05) is 17.0 Å². The van der Waals surface area contributed by atoms with Crippen molar-refractivity contribution >= 4 is 0 Å². The van der Waals surface area contributed by atoms with Crippen molar-refractivity contribution in [2.75, 3.05) is 7.05 Å². The van der Waals surface area contributed by atoms with Gasteiger partial charge in [-0.05, 0) is 44.7 Å². The monoisotopic (exact) mass is 262 g/mol. The third-order valence-electron chi connectivity index (χ3n) is 3.15. The normalized spacial score (nSPS) is 12.5. The Balaban J connectivity index is 2.56. The molecule has 4 heteroatoms. The summed E-state index contributed by atoms with van der Waals surface area (Å²) in [6.07, 6.45) is 0. The lowest BCUT2D eigenvalue weighted by Gasteiger charge is -2.20. The first-order valence-corrected chi connectivity index (χ1v) is 6.10. The summed E-state index contributed by atoms with van der Waals surface area (Å²) in [4.78, 5) is 4.34. The molecule has 2 aromatic rings. The lowest BCUT2D eigenvalue weighted by Crippen LogP contribution is -2.21. The van der Waals surface area contributed by atoms with E-state index in [1.807, 2.05) is 26.0 Å². The molecule has 0 aliphatic rings. The Kier molecular flexibility index (Phi) is 3.90. The van der Waals surface area contributed by atoms with Crippen molar-refractivity contribution < 1.29 is 8.78 Å². The van der Waals surface area contributed by atoms with E-state index in [4.69, 9.17) is 0 Å². The number of hydrogen-bond acceptors (Lipinski definition) is 2. The van der Waals surface area contributed by atoms with Crippen molar-refractivity contribution in [3.8, 4) is 0 Å². The van der Waals surface area contributed by atoms with Crippen molar-refractivity contribution in [3.63, 3.8) is 0 Å². The minimum Gasteiger partial charge on any atom is -0.309 e. The molecule has 1 aromatic carbocycles. The maximum absolute atomic E-state index is 13.9. The number of pyridine rings is 1. The lowest BCUT2D eigenvalue weighted by molar-refractivity contribution is 0.520. The minimum absolute atomic E-state index is 0.0266. The van der Waals surface area contributed by atoms with Crippen molar-refractivity contribution in [1.29, 1.82) is 0 Å². The van der Waals surface area contributed by atoms with E-state index >= 15 is 0 Å². The largest absolute Gasteiger partial charge is 0.309 e. The molecule has 0 aliphatic carbocycles. The zero-order chi connectivity index (χ0) is 14.0. The summed E-state index contributed by atoms with van der Waals surface area (Å²) in [6.45, 7) is 3.72. The SMILES string of the molecule is CNC(c1ccc(C)nc1C)c1c(F)cccc1F. The molecule has 0 fully saturated rings. The second kappa shape index (κ2) is 5.45. The van der Waals surface area contributed by atoms with Crippen LogP contribution in [0.3, 0.4) is 0 Å². The van der Waals surface area contributed by atoms with Crippen LogP contribution in [0.4, 0.5) is 8.78 Å². The zero-order valence-corrected chi connectivity index (χ0v) is 11.2. The van der Waals surface area contributed by atoms with Crippen LogP contribution in [0.2, 0.25) is 0 Å². The van der Waals surface area contributed by atoms with Crippen LogP contribution < -0.4 is 5.32 Å². The number of rotatable bonds is 3. The van der Waals surface area contributed by atoms with Gasteiger partial charge in [-0.3, -0.25) is 4.98 Å². The number of aryl methyl sites for hydroxylation is 2. The molecular weight excluding hydrogens is 246 g/mol. The summed E-state index contributed by atoms with van der Waals surface area (Å²) >= 11 is 0. The predicted molar refractivity (Wildman–Crippen MR) is 71.0 cm³/mol. The molecule has 1 atom stereocenters. The Morgan fingerprint density at radius 1 is 1.05 bits per heavy atom. The molecule has 2 rings (SSSR count). The summed E-state index contributed by atoms with van der Waals surface area (Å²) < 4.78 is 27.8. The molecule has 100 valence electrons. The van der Waals surface area contributed by atoms with Crippen molar-refractivity contribution in [3.05, 3.63) is 64.5 Å². The Morgan fingerprint density at radius 2 is 1.68 bits per heavy atom. The van der Waals surface area contributed by atoms with E-state index in [1.54, 1.807) is 7.05 Å². The van der Waals surface area contributed by atoms with E-state index in [0.717, 1.165) is 17.0 Å². The molecule has 19 heavy (non-hydrogen) atoms. The van der Waals surface area contributed by atoms with Crippen LogP contribution >= 0.6 is 0 Å². The van der Waals surface area contributed by atoms with E-state index < -0.39 is 17.7 Å². The molecule has 0 saturated carbocycles. The fourth-order valence-electron chi connectivity index (χ4n) is 2.24. The molecule has 0 bridgehead atoms. The zero-order valence-electron chi connectivity index (χ0n) is 11.2. The number of nitrogens with one attached hydrogen (secondary N) is 1. The Labute approximate surface area is 111 Å². The Bertz CT molecular complexity index is 576. The molecule has 0 amide bonds. The first-order chi connectivity index (χ1) is 9.04. The van der Waals surface area contributed by atoms with Gasteiger partial charge in [-0.15, -0.1) is 0 Å². The van der Waals surface area contributed by atoms with E-state index in [-0.39, 0.29) is 5.56 Å². The number of halogens is 2. The summed E-state index contributed by atoms with van der Waals surface area (Å²) in [7, 11) is 1.68. The highest BCUT2D eigenvalue weighted by Crippen LogP contribution is 2.28. The maximum atomic E-state index is 13.9. The van der Waals surface area contributed by atoms with Gasteiger partial charge >= 0.3 is 0 Å². The van der Waals surface area contributed by atoms with Crippen LogP contribution in [0.25, 0.3) is 0 Å². The van der Waals surface area contributed by atoms with Crippen LogP contribution in [0, 0.1) is 25.5 Å². The molecular formula is C15H16F2N2. The van der Waals surface area contributed by atoms with Crippen molar-refractivity contribution in [1.82, 2.24) is 10.3 Å². The van der Waals surface area contributed by atoms with Crippen LogP contribution in [0.5, 0.6) is 0 Å². The van der Waals surface area contributed by atoms with Crippen LogP contribution in [0.1, 0.15) is 28.6 Å². The van der Waals surface area contributed by atoms with E-state index in [2.05, 4.69) is 10.3 Å². The van der Waals surface area contributed by atoms with Gasteiger partial charge < -0.3 is 5.32 Å². The second-order valence-corrected chi connectivity index (χ2v) is 4.48. The van der Waals surface area contributed by atoms with Crippen LogP contribution in [-0.2, 0) is 0 Å². The summed E-state index contributed by atoms with van der Waals surface area (Å²) in [5.41, 5.74) is 2.45. The van der Waals surface area contributed by atoms with Crippen molar-refractivity contribution in [2.24, 2.45) is 0 Å². The van der Waals surface area contributed by atoms with E-state index in [1.165, 1.54) is 18.2 Å². The highest BCUT2D eigenvalue weighted by atomic mass is 19.1. The lowest BCUT2D eigenvalue weighted by atomic mass is 9.96. The average Bonchev–Trinajstić information content (AvgIpc) is 2.35. The second-order valence-electron chi connectivity index (χ2n) is 4.48. The number of hydrogen-bond donors (Lipinski definition) is 1. The van der Waals surface area contributed by atoms with Gasteiger partial charge in [0.15, 0.2) is 0 Å². The third kappa shape index (κ3) is 2.63. The summed E-state index contributed by atoms with van der Waals surface area (Å²) in [6, 6.07) is 7.03. The van der Waals surface area contributed by atoms with Crippen LogP contribution in [0.15, 0.2) is 30.3 Å². The Hall–Kier alpha value is -1.81. The number of nitrogens with zero attached hydrogens (tertiary/aromatic N) is 1. The first-order valence-electron chi connectivity index (χ1n) is 6.10. The molecule has 1 unspecified atom stereocenters. The summed E-state index contributed by atoms with van der Waals surface area (Å²) in [5, 5.41) is 2.96. The number of aromatic nitrogens is 1. The topological polar surface area (TPSA) is 24.9 Å². The predicted octanol–water partition coefficient (Wildman–Crippen LogP) is 3.29. The first kappa shape index (κ1) is 13.6. The molecule has 2 nitrogen and oxygen atoms in total. The smallest absolute Gasteiger partial charge is 0.131 e. The molecule has 0 aliphatic heterocycles. The maximum Gasteiger partial charge on any atom is 0.131 e. The van der Waals surface area contributed by atoms with Gasteiger partial charge in [-0.1, -0.05) is 12.1 Å². The van der Waals surface area contributed by atoms with Gasteiger partial charge in [0.2, 0.25) is 0 Å². The molecule has 1 heterocycles. The van der Waals surface area contributed by atoms with Gasteiger partial charge in [0.05, 0.1) is 6.04 Å². The fraction of sp³-hybridized carbons (Fsp3) is 0.267. The third-order valence-corrected chi connectivity index (χ3v) is 3.15. The van der Waals surface area contributed by atoms with Crippen molar-refractivity contribution in [2.45, 2.75) is 19.9 Å². The standard InChI is InChI=1S/C15H16F2N2/c1-9-7-8-11(10(2)19-9)15(18-3)14-12(16)5-4-6-13(14)17/h4-8,15,18H,1-3H3. The highest BCUT2D eigenvalue weighted by Gasteiger charge is 2.22.